The molecule has 0 saturated heterocycles. The maximum Gasteiger partial charge on any atom is 0.0358 e. The number of terminal acetylenes is 1. The highest BCUT2D eigenvalue weighted by Crippen LogP contribution is 2.24. The first-order valence-electron chi connectivity index (χ1n) is 5.20. The zero-order valence-corrected chi connectivity index (χ0v) is 9.49. The Hall–Kier alpha value is -2.07. The van der Waals surface area contributed by atoms with Gasteiger partial charge < -0.3 is 0 Å². The number of hydrogen-bond acceptors (Lipinski definition) is 1. The maximum absolute atomic E-state index is 5.49. The smallest absolute Gasteiger partial charge is 0.0358 e. The van der Waals surface area contributed by atoms with Crippen molar-refractivity contribution < 1.29 is 0 Å². The Bertz CT molecular complexity index is 542. The first kappa shape index (κ1) is 10.4. The molecule has 0 N–H and O–H groups in total. The van der Waals surface area contributed by atoms with Crippen molar-refractivity contribution in [1.82, 2.24) is 4.98 Å². The van der Waals surface area contributed by atoms with Crippen LogP contribution in [0.3, 0.4) is 0 Å². The molecule has 0 amide bonds. The summed E-state index contributed by atoms with van der Waals surface area (Å²) in [5.41, 5.74) is 5.53. The highest BCUT2D eigenvalue weighted by atomic mass is 14.6. The van der Waals surface area contributed by atoms with E-state index in [4.69, 9.17) is 6.42 Å². The van der Waals surface area contributed by atoms with E-state index in [1.165, 1.54) is 11.1 Å². The molecular weight excluding hydrogens is 194 g/mol. The van der Waals surface area contributed by atoms with E-state index in [-0.39, 0.29) is 0 Å². The third-order valence-corrected chi connectivity index (χ3v) is 2.51. The highest BCUT2D eigenvalue weighted by molar-refractivity contribution is 5.71. The van der Waals surface area contributed by atoms with Crippen molar-refractivity contribution in [3.63, 3.8) is 0 Å². The van der Waals surface area contributed by atoms with Crippen molar-refractivity contribution in [3.8, 4) is 23.5 Å². The van der Waals surface area contributed by atoms with Crippen LogP contribution in [0.15, 0.2) is 36.7 Å². The van der Waals surface area contributed by atoms with Gasteiger partial charge in [0.2, 0.25) is 0 Å². The number of hydrogen-bond donors (Lipinski definition) is 0. The normalized spacial score (nSPS) is 9.81. The Morgan fingerprint density at radius 2 is 1.81 bits per heavy atom. The quantitative estimate of drug-likeness (QED) is 0.653. The molecule has 0 fully saturated rings. The third-order valence-electron chi connectivity index (χ3n) is 2.51. The molecular formula is C15H13N. The van der Waals surface area contributed by atoms with Crippen LogP contribution < -0.4 is 0 Å². The standard InChI is InChI=1S/C15H13N/c1-4-13-5-6-16-10-15(13)14-8-11(2)7-12(3)9-14/h1,5-10H,2-3H3. The fourth-order valence-electron chi connectivity index (χ4n) is 1.88. The lowest BCUT2D eigenvalue weighted by Gasteiger charge is -2.06. The van der Waals surface area contributed by atoms with Gasteiger partial charge >= 0.3 is 0 Å². The molecule has 2 rings (SSSR count). The first-order chi connectivity index (χ1) is 7.70. The van der Waals surface area contributed by atoms with E-state index in [1.807, 2.05) is 12.3 Å². The molecule has 0 aliphatic rings. The van der Waals surface area contributed by atoms with E-state index in [2.05, 4.69) is 43.0 Å². The summed E-state index contributed by atoms with van der Waals surface area (Å²) in [6.07, 6.45) is 9.03. The van der Waals surface area contributed by atoms with Crippen molar-refractivity contribution in [2.24, 2.45) is 0 Å². The maximum atomic E-state index is 5.49. The van der Waals surface area contributed by atoms with Gasteiger partial charge in [-0.3, -0.25) is 4.98 Å². The average Bonchev–Trinajstić information content (AvgIpc) is 2.27. The molecule has 0 spiro atoms. The van der Waals surface area contributed by atoms with E-state index in [9.17, 15) is 0 Å². The van der Waals surface area contributed by atoms with Crippen LogP contribution in [0.25, 0.3) is 11.1 Å². The molecule has 0 aliphatic carbocycles. The van der Waals surface area contributed by atoms with Crippen LogP contribution in [0.1, 0.15) is 16.7 Å². The lowest BCUT2D eigenvalue weighted by atomic mass is 9.99. The van der Waals surface area contributed by atoms with Crippen LogP contribution in [0.5, 0.6) is 0 Å². The van der Waals surface area contributed by atoms with Gasteiger partial charge in [-0.05, 0) is 25.5 Å². The van der Waals surface area contributed by atoms with Gasteiger partial charge in [-0.1, -0.05) is 35.2 Å². The monoisotopic (exact) mass is 207 g/mol. The van der Waals surface area contributed by atoms with E-state index < -0.39 is 0 Å². The van der Waals surface area contributed by atoms with Gasteiger partial charge in [0.15, 0.2) is 0 Å². The van der Waals surface area contributed by atoms with Gasteiger partial charge in [-0.25, -0.2) is 0 Å². The molecule has 1 heterocycles. The Morgan fingerprint density at radius 1 is 1.12 bits per heavy atom. The second kappa shape index (κ2) is 4.20. The Kier molecular flexibility index (Phi) is 2.74. The lowest BCUT2D eigenvalue weighted by molar-refractivity contribution is 1.31. The molecule has 16 heavy (non-hydrogen) atoms. The topological polar surface area (TPSA) is 12.9 Å². The average molecular weight is 207 g/mol. The summed E-state index contributed by atoms with van der Waals surface area (Å²) in [5, 5.41) is 0. The zero-order valence-electron chi connectivity index (χ0n) is 9.49. The van der Waals surface area contributed by atoms with Crippen LogP contribution in [0.4, 0.5) is 0 Å². The summed E-state index contributed by atoms with van der Waals surface area (Å²) < 4.78 is 0. The molecule has 1 aromatic carbocycles. The molecule has 2 aromatic rings. The van der Waals surface area contributed by atoms with E-state index in [0.29, 0.717) is 0 Å². The molecule has 0 bridgehead atoms. The summed E-state index contributed by atoms with van der Waals surface area (Å²) in [5.74, 6) is 2.69. The Balaban J connectivity index is 2.63. The van der Waals surface area contributed by atoms with Crippen molar-refractivity contribution in [1.29, 1.82) is 0 Å². The molecule has 0 unspecified atom stereocenters. The Morgan fingerprint density at radius 3 is 2.44 bits per heavy atom. The molecule has 1 nitrogen and oxygen atoms in total. The number of rotatable bonds is 1. The van der Waals surface area contributed by atoms with Crippen LogP contribution in [-0.2, 0) is 0 Å². The minimum atomic E-state index is 0.889. The molecule has 1 aromatic heterocycles. The number of aryl methyl sites for hydroxylation is 2. The van der Waals surface area contributed by atoms with Crippen LogP contribution in [0, 0.1) is 26.2 Å². The minimum Gasteiger partial charge on any atom is -0.264 e. The van der Waals surface area contributed by atoms with Gasteiger partial charge in [0, 0.05) is 23.5 Å². The number of aromatic nitrogens is 1. The van der Waals surface area contributed by atoms with Crippen LogP contribution in [-0.4, -0.2) is 4.98 Å². The second-order valence-electron chi connectivity index (χ2n) is 3.94. The highest BCUT2D eigenvalue weighted by Gasteiger charge is 2.04. The van der Waals surface area contributed by atoms with Crippen LogP contribution >= 0.6 is 0 Å². The van der Waals surface area contributed by atoms with Gasteiger partial charge in [0.25, 0.3) is 0 Å². The molecule has 78 valence electrons. The molecule has 1 heteroatoms. The van der Waals surface area contributed by atoms with Crippen molar-refractivity contribution in [2.45, 2.75) is 13.8 Å². The zero-order chi connectivity index (χ0) is 11.5. The Labute approximate surface area is 96.2 Å². The third kappa shape index (κ3) is 1.97. The van der Waals surface area contributed by atoms with Gasteiger partial charge in [-0.15, -0.1) is 6.42 Å². The lowest BCUT2D eigenvalue weighted by Crippen LogP contribution is -1.88. The SMILES string of the molecule is C#Cc1ccncc1-c1cc(C)cc(C)c1. The molecule has 0 saturated carbocycles. The van der Waals surface area contributed by atoms with Gasteiger partial charge in [0.05, 0.1) is 0 Å². The summed E-state index contributed by atoms with van der Waals surface area (Å²) in [7, 11) is 0. The van der Waals surface area contributed by atoms with Crippen molar-refractivity contribution in [2.75, 3.05) is 0 Å². The summed E-state index contributed by atoms with van der Waals surface area (Å²) in [6.45, 7) is 4.17. The molecule has 0 atom stereocenters. The molecule has 0 aliphatic heterocycles. The predicted molar refractivity (Wildman–Crippen MR) is 67.1 cm³/mol. The fraction of sp³-hybridized carbons (Fsp3) is 0.133. The van der Waals surface area contributed by atoms with Gasteiger partial charge in [0.1, 0.15) is 0 Å². The first-order valence-corrected chi connectivity index (χ1v) is 5.20. The van der Waals surface area contributed by atoms with E-state index >= 15 is 0 Å². The number of benzene rings is 1. The number of pyridine rings is 1. The van der Waals surface area contributed by atoms with E-state index in [1.54, 1.807) is 6.20 Å². The van der Waals surface area contributed by atoms with Gasteiger partial charge in [-0.2, -0.15) is 0 Å². The van der Waals surface area contributed by atoms with Crippen LogP contribution in [0.2, 0.25) is 0 Å². The summed E-state index contributed by atoms with van der Waals surface area (Å²) in [4.78, 5) is 4.13. The predicted octanol–water partition coefficient (Wildman–Crippen LogP) is 3.35. The fourth-order valence-corrected chi connectivity index (χ4v) is 1.88. The van der Waals surface area contributed by atoms with Crippen molar-refractivity contribution in [3.05, 3.63) is 53.3 Å². The summed E-state index contributed by atoms with van der Waals surface area (Å²) >= 11 is 0. The minimum absolute atomic E-state index is 0.889. The molecule has 0 radical (unpaired) electrons. The number of nitrogens with zero attached hydrogens (tertiary/aromatic N) is 1. The largest absolute Gasteiger partial charge is 0.264 e. The summed E-state index contributed by atoms with van der Waals surface area (Å²) in [6, 6.07) is 8.28. The van der Waals surface area contributed by atoms with E-state index in [0.717, 1.165) is 16.7 Å². The second-order valence-corrected chi connectivity index (χ2v) is 3.94. The van der Waals surface area contributed by atoms with Crippen molar-refractivity contribution >= 4 is 0 Å².